The van der Waals surface area contributed by atoms with Crippen LogP contribution >= 0.6 is 0 Å². The molecule has 1 aliphatic heterocycles. The van der Waals surface area contributed by atoms with Gasteiger partial charge in [-0.1, -0.05) is 19.0 Å². The number of nitrogens with one attached hydrogen (secondary N) is 1. The number of nitrogens with zero attached hydrogens (tertiary/aromatic N) is 2. The van der Waals surface area contributed by atoms with Crippen molar-refractivity contribution < 1.29 is 12.9 Å². The highest BCUT2D eigenvalue weighted by Crippen LogP contribution is 2.26. The Balaban J connectivity index is 2.03. The molecule has 0 saturated carbocycles. The van der Waals surface area contributed by atoms with Crippen LogP contribution in [0.3, 0.4) is 0 Å². The van der Waals surface area contributed by atoms with Crippen LogP contribution in [0, 0.1) is 5.92 Å². The SMILES string of the molecule is CNC(Cc1nc(C2CCS(=O)(=O)C2)no1)C(C)C. The highest BCUT2D eigenvalue weighted by Gasteiger charge is 2.32. The van der Waals surface area contributed by atoms with Crippen LogP contribution in [0.4, 0.5) is 0 Å². The molecular weight excluding hydrogens is 266 g/mol. The van der Waals surface area contributed by atoms with Crippen molar-refractivity contribution in [3.05, 3.63) is 11.7 Å². The zero-order valence-corrected chi connectivity index (χ0v) is 12.4. The molecule has 2 heterocycles. The molecule has 1 aromatic heterocycles. The van der Waals surface area contributed by atoms with Crippen LogP contribution in [0.25, 0.3) is 0 Å². The van der Waals surface area contributed by atoms with Gasteiger partial charge in [0.15, 0.2) is 15.7 Å². The summed E-state index contributed by atoms with van der Waals surface area (Å²) in [7, 11) is -1.00. The van der Waals surface area contributed by atoms with Gasteiger partial charge in [-0.25, -0.2) is 8.42 Å². The highest BCUT2D eigenvalue weighted by molar-refractivity contribution is 7.91. The molecule has 19 heavy (non-hydrogen) atoms. The van der Waals surface area contributed by atoms with Gasteiger partial charge < -0.3 is 9.84 Å². The number of hydrogen-bond donors (Lipinski definition) is 1. The Morgan fingerprint density at radius 3 is 2.74 bits per heavy atom. The summed E-state index contributed by atoms with van der Waals surface area (Å²) in [5.41, 5.74) is 0. The lowest BCUT2D eigenvalue weighted by molar-refractivity contribution is 0.332. The predicted octanol–water partition coefficient (Wildman–Crippen LogP) is 0.758. The Hall–Kier alpha value is -0.950. The van der Waals surface area contributed by atoms with Crippen molar-refractivity contribution >= 4 is 9.84 Å². The summed E-state index contributed by atoms with van der Waals surface area (Å²) in [6, 6.07) is 0.278. The molecule has 1 saturated heterocycles. The predicted molar refractivity (Wildman–Crippen MR) is 71.7 cm³/mol. The number of hydrogen-bond acceptors (Lipinski definition) is 6. The second-order valence-corrected chi connectivity index (χ2v) is 7.72. The van der Waals surface area contributed by atoms with Gasteiger partial charge in [0.05, 0.1) is 11.5 Å². The first-order chi connectivity index (χ1) is 8.91. The molecule has 1 aliphatic rings. The third-order valence-corrected chi connectivity index (χ3v) is 5.42. The first kappa shape index (κ1) is 14.5. The lowest BCUT2D eigenvalue weighted by atomic mass is 10.0. The maximum Gasteiger partial charge on any atom is 0.228 e. The quantitative estimate of drug-likeness (QED) is 0.860. The van der Waals surface area contributed by atoms with E-state index in [0.29, 0.717) is 30.5 Å². The van der Waals surface area contributed by atoms with Crippen LogP contribution in [0.5, 0.6) is 0 Å². The number of aromatic nitrogens is 2. The van der Waals surface area contributed by atoms with E-state index in [1.807, 2.05) is 7.05 Å². The van der Waals surface area contributed by atoms with Gasteiger partial charge in [-0.15, -0.1) is 0 Å². The minimum atomic E-state index is -2.91. The van der Waals surface area contributed by atoms with Gasteiger partial charge in [-0.05, 0) is 19.4 Å². The second kappa shape index (κ2) is 5.58. The lowest BCUT2D eigenvalue weighted by Gasteiger charge is -2.17. The summed E-state index contributed by atoms with van der Waals surface area (Å²) >= 11 is 0. The molecule has 2 rings (SSSR count). The van der Waals surface area contributed by atoms with Crippen molar-refractivity contribution in [1.82, 2.24) is 15.5 Å². The Kier molecular flexibility index (Phi) is 4.25. The topological polar surface area (TPSA) is 85.1 Å². The molecule has 1 aromatic rings. The monoisotopic (exact) mass is 287 g/mol. The van der Waals surface area contributed by atoms with Crippen molar-refractivity contribution in [2.75, 3.05) is 18.6 Å². The fourth-order valence-electron chi connectivity index (χ4n) is 2.37. The minimum absolute atomic E-state index is 0.102. The van der Waals surface area contributed by atoms with Crippen LogP contribution in [-0.4, -0.2) is 43.2 Å². The van der Waals surface area contributed by atoms with Gasteiger partial charge in [-0.3, -0.25) is 0 Å². The van der Waals surface area contributed by atoms with Crippen molar-refractivity contribution in [2.45, 2.75) is 38.6 Å². The molecule has 0 amide bonds. The molecule has 0 bridgehead atoms. The molecule has 7 heteroatoms. The molecule has 1 N–H and O–H groups in total. The number of sulfone groups is 1. The van der Waals surface area contributed by atoms with Crippen LogP contribution in [0.15, 0.2) is 4.52 Å². The molecule has 1 fully saturated rings. The van der Waals surface area contributed by atoms with E-state index in [-0.39, 0.29) is 23.5 Å². The average Bonchev–Trinajstić information content (AvgIpc) is 2.91. The van der Waals surface area contributed by atoms with Crippen LogP contribution in [-0.2, 0) is 16.3 Å². The first-order valence-electron chi connectivity index (χ1n) is 6.61. The average molecular weight is 287 g/mol. The van der Waals surface area contributed by atoms with Crippen molar-refractivity contribution in [3.63, 3.8) is 0 Å². The summed E-state index contributed by atoms with van der Waals surface area (Å²) in [5, 5.41) is 7.15. The van der Waals surface area contributed by atoms with E-state index in [1.54, 1.807) is 0 Å². The van der Waals surface area contributed by atoms with E-state index in [9.17, 15) is 8.42 Å². The second-order valence-electron chi connectivity index (χ2n) is 5.49. The Morgan fingerprint density at radius 2 is 2.21 bits per heavy atom. The largest absolute Gasteiger partial charge is 0.339 e. The molecule has 0 spiro atoms. The Labute approximate surface area is 113 Å². The normalized spacial score (nSPS) is 23.9. The lowest BCUT2D eigenvalue weighted by Crippen LogP contribution is -2.32. The van der Waals surface area contributed by atoms with Gasteiger partial charge in [0.2, 0.25) is 5.89 Å². The van der Waals surface area contributed by atoms with Crippen molar-refractivity contribution in [1.29, 1.82) is 0 Å². The third kappa shape index (κ3) is 3.54. The molecule has 0 aliphatic carbocycles. The molecule has 108 valence electrons. The van der Waals surface area contributed by atoms with Gasteiger partial charge in [0.1, 0.15) is 0 Å². The molecular formula is C12H21N3O3S. The fourth-order valence-corrected chi connectivity index (χ4v) is 4.11. The van der Waals surface area contributed by atoms with Crippen LogP contribution < -0.4 is 5.32 Å². The van der Waals surface area contributed by atoms with Crippen LogP contribution in [0.1, 0.15) is 37.9 Å². The zero-order chi connectivity index (χ0) is 14.0. The van der Waals surface area contributed by atoms with Gasteiger partial charge in [0.25, 0.3) is 0 Å². The van der Waals surface area contributed by atoms with Crippen molar-refractivity contribution in [3.8, 4) is 0 Å². The smallest absolute Gasteiger partial charge is 0.228 e. The van der Waals surface area contributed by atoms with Gasteiger partial charge >= 0.3 is 0 Å². The standard InChI is InChI=1S/C12H21N3O3S/c1-8(2)10(13-3)6-11-14-12(15-18-11)9-4-5-19(16,17)7-9/h8-10,13H,4-7H2,1-3H3. The molecule has 6 nitrogen and oxygen atoms in total. The van der Waals surface area contributed by atoms with Crippen molar-refractivity contribution in [2.24, 2.45) is 5.92 Å². The van der Waals surface area contributed by atoms with Gasteiger partial charge in [-0.2, -0.15) is 4.98 Å². The zero-order valence-electron chi connectivity index (χ0n) is 11.6. The summed E-state index contributed by atoms with van der Waals surface area (Å²) in [6.07, 6.45) is 1.27. The first-order valence-corrected chi connectivity index (χ1v) is 8.43. The number of rotatable bonds is 5. The van der Waals surface area contributed by atoms with E-state index in [2.05, 4.69) is 29.3 Å². The Bertz CT molecular complexity index is 524. The summed E-state index contributed by atoms with van der Waals surface area (Å²) in [5.74, 6) is 1.85. The third-order valence-electron chi connectivity index (χ3n) is 3.65. The van der Waals surface area contributed by atoms with Crippen LogP contribution in [0.2, 0.25) is 0 Å². The maximum absolute atomic E-state index is 11.4. The summed E-state index contributed by atoms with van der Waals surface area (Å²) in [6.45, 7) is 4.25. The van der Waals surface area contributed by atoms with E-state index in [0.717, 1.165) is 0 Å². The number of likely N-dealkylation sites (N-methyl/N-ethyl adjacent to an activating group) is 1. The minimum Gasteiger partial charge on any atom is -0.339 e. The van der Waals surface area contributed by atoms with E-state index < -0.39 is 9.84 Å². The molecule has 2 unspecified atom stereocenters. The molecule has 0 aromatic carbocycles. The maximum atomic E-state index is 11.4. The van der Waals surface area contributed by atoms with E-state index >= 15 is 0 Å². The van der Waals surface area contributed by atoms with E-state index in [1.165, 1.54) is 0 Å². The summed E-state index contributed by atoms with van der Waals surface area (Å²) in [4.78, 5) is 4.35. The highest BCUT2D eigenvalue weighted by atomic mass is 32.2. The Morgan fingerprint density at radius 1 is 1.47 bits per heavy atom. The molecule has 2 atom stereocenters. The summed E-state index contributed by atoms with van der Waals surface area (Å²) < 4.78 is 28.1. The van der Waals surface area contributed by atoms with E-state index in [4.69, 9.17) is 4.52 Å². The molecule has 0 radical (unpaired) electrons. The fraction of sp³-hybridized carbons (Fsp3) is 0.833. The van der Waals surface area contributed by atoms with Gasteiger partial charge in [0, 0.05) is 18.4 Å².